The highest BCUT2D eigenvalue weighted by Crippen LogP contribution is 2.14. The first-order valence-electron chi connectivity index (χ1n) is 6.21. The number of rotatable bonds is 8. The van der Waals surface area contributed by atoms with Crippen molar-refractivity contribution in [3.63, 3.8) is 0 Å². The maximum absolute atomic E-state index is 12.2. The number of nitrogens with zero attached hydrogens (tertiary/aromatic N) is 1. The third-order valence-electron chi connectivity index (χ3n) is 2.86. The molecule has 7 heteroatoms. The van der Waals surface area contributed by atoms with Crippen molar-refractivity contribution in [1.82, 2.24) is 14.6 Å². The van der Waals surface area contributed by atoms with Crippen LogP contribution in [0.4, 0.5) is 0 Å². The minimum atomic E-state index is -3.42. The monoisotopic (exact) mass is 305 g/mol. The molecule has 0 saturated carbocycles. The Bertz CT molecular complexity index is 497. The van der Waals surface area contributed by atoms with Crippen molar-refractivity contribution in [3.05, 3.63) is 18.0 Å². The quantitative estimate of drug-likeness (QED) is 0.757. The Balaban J connectivity index is 2.79. The number of thioether (sulfide) groups is 1. The van der Waals surface area contributed by atoms with E-state index in [-0.39, 0.29) is 6.04 Å². The Kier molecular flexibility index (Phi) is 6.38. The van der Waals surface area contributed by atoms with Gasteiger partial charge in [0.1, 0.15) is 0 Å². The molecular formula is C12H23N3O2S2. The highest BCUT2D eigenvalue weighted by atomic mass is 32.2. The lowest BCUT2D eigenvalue weighted by Crippen LogP contribution is -2.32. The summed E-state index contributed by atoms with van der Waals surface area (Å²) in [6.07, 6.45) is 4.50. The Labute approximate surface area is 120 Å². The fourth-order valence-corrected chi connectivity index (χ4v) is 3.73. The largest absolute Gasteiger partial charge is 0.352 e. The summed E-state index contributed by atoms with van der Waals surface area (Å²) in [7, 11) is 0.269. The molecule has 0 spiro atoms. The molecule has 19 heavy (non-hydrogen) atoms. The summed E-state index contributed by atoms with van der Waals surface area (Å²) < 4.78 is 29.0. The molecule has 0 aromatic carbocycles. The van der Waals surface area contributed by atoms with E-state index < -0.39 is 10.0 Å². The highest BCUT2D eigenvalue weighted by Gasteiger charge is 2.19. The molecular weight excluding hydrogens is 282 g/mol. The molecule has 0 amide bonds. The topological polar surface area (TPSA) is 63.1 Å². The molecule has 110 valence electrons. The van der Waals surface area contributed by atoms with Crippen LogP contribution < -0.4 is 10.0 Å². The second-order valence-corrected chi connectivity index (χ2v) is 7.31. The van der Waals surface area contributed by atoms with Crippen molar-refractivity contribution in [3.8, 4) is 0 Å². The molecule has 0 fully saturated rings. The van der Waals surface area contributed by atoms with Gasteiger partial charge in [0.05, 0.1) is 4.90 Å². The standard InChI is InChI=1S/C12H23N3O2S2/c1-10(5-6-18-4)14-19(16,17)12-7-11(8-13-2)15(3)9-12/h7,9-10,13-14H,5-6,8H2,1-4H3. The predicted molar refractivity (Wildman–Crippen MR) is 81.0 cm³/mol. The molecule has 0 aliphatic rings. The Hall–Kier alpha value is -0.500. The molecule has 0 aliphatic carbocycles. The first kappa shape index (κ1) is 16.6. The van der Waals surface area contributed by atoms with Crippen LogP contribution in [0, 0.1) is 0 Å². The van der Waals surface area contributed by atoms with E-state index in [0.717, 1.165) is 17.9 Å². The SMILES string of the molecule is CNCc1cc(S(=O)(=O)NC(C)CCSC)cn1C. The lowest BCUT2D eigenvalue weighted by Gasteiger charge is -2.12. The molecule has 0 saturated heterocycles. The number of hydrogen-bond donors (Lipinski definition) is 2. The van der Waals surface area contributed by atoms with Crippen LogP contribution in [0.25, 0.3) is 0 Å². The zero-order valence-corrected chi connectivity index (χ0v) is 13.6. The van der Waals surface area contributed by atoms with E-state index in [1.165, 1.54) is 0 Å². The Morgan fingerprint density at radius 2 is 2.16 bits per heavy atom. The van der Waals surface area contributed by atoms with E-state index >= 15 is 0 Å². The van der Waals surface area contributed by atoms with E-state index in [9.17, 15) is 8.42 Å². The molecule has 1 atom stereocenters. The van der Waals surface area contributed by atoms with Crippen molar-refractivity contribution in [1.29, 1.82) is 0 Å². The molecule has 5 nitrogen and oxygen atoms in total. The molecule has 1 heterocycles. The summed E-state index contributed by atoms with van der Waals surface area (Å²) >= 11 is 1.72. The average Bonchev–Trinajstić information content (AvgIpc) is 2.69. The molecule has 1 aromatic heterocycles. The third-order valence-corrected chi connectivity index (χ3v) is 5.06. The third kappa shape index (κ3) is 4.83. The van der Waals surface area contributed by atoms with E-state index in [1.807, 2.05) is 31.8 Å². The van der Waals surface area contributed by atoms with Crippen molar-refractivity contribution in [2.45, 2.75) is 30.8 Å². The van der Waals surface area contributed by atoms with Gasteiger partial charge in [0.15, 0.2) is 0 Å². The average molecular weight is 305 g/mol. The van der Waals surface area contributed by atoms with E-state index in [4.69, 9.17) is 0 Å². The van der Waals surface area contributed by atoms with Gasteiger partial charge >= 0.3 is 0 Å². The van der Waals surface area contributed by atoms with Gasteiger partial charge in [-0.15, -0.1) is 0 Å². The van der Waals surface area contributed by atoms with E-state index in [0.29, 0.717) is 11.4 Å². The molecule has 0 aliphatic heterocycles. The van der Waals surface area contributed by atoms with Crippen LogP contribution in [0.5, 0.6) is 0 Å². The minimum Gasteiger partial charge on any atom is -0.352 e. The smallest absolute Gasteiger partial charge is 0.242 e. The van der Waals surface area contributed by atoms with Gasteiger partial charge in [-0.2, -0.15) is 11.8 Å². The molecule has 0 radical (unpaired) electrons. The molecule has 2 N–H and O–H groups in total. The summed E-state index contributed by atoms with van der Waals surface area (Å²) in [4.78, 5) is 0.330. The van der Waals surface area contributed by atoms with Crippen LogP contribution in [0.3, 0.4) is 0 Å². The lowest BCUT2D eigenvalue weighted by atomic mass is 10.3. The number of nitrogens with one attached hydrogen (secondary N) is 2. The normalized spacial score (nSPS) is 13.7. The summed E-state index contributed by atoms with van der Waals surface area (Å²) in [5.74, 6) is 0.948. The van der Waals surface area contributed by atoms with Gasteiger partial charge in [-0.05, 0) is 38.5 Å². The maximum atomic E-state index is 12.2. The summed E-state index contributed by atoms with van der Waals surface area (Å²) in [6, 6.07) is 1.66. The molecule has 1 aromatic rings. The lowest BCUT2D eigenvalue weighted by molar-refractivity contribution is 0.557. The van der Waals surface area contributed by atoms with Crippen LogP contribution in [0.1, 0.15) is 19.0 Å². The van der Waals surface area contributed by atoms with Crippen LogP contribution in [-0.2, 0) is 23.6 Å². The first-order chi connectivity index (χ1) is 8.90. The zero-order valence-electron chi connectivity index (χ0n) is 11.9. The number of hydrogen-bond acceptors (Lipinski definition) is 4. The number of sulfonamides is 1. The number of aryl methyl sites for hydroxylation is 1. The van der Waals surface area contributed by atoms with Crippen molar-refractivity contribution >= 4 is 21.8 Å². The second-order valence-electron chi connectivity index (χ2n) is 4.61. The molecule has 1 rings (SSSR count). The second kappa shape index (κ2) is 7.33. The Morgan fingerprint density at radius 1 is 1.47 bits per heavy atom. The van der Waals surface area contributed by atoms with Gasteiger partial charge in [0.25, 0.3) is 0 Å². The summed E-state index contributed by atoms with van der Waals surface area (Å²) in [6.45, 7) is 2.54. The van der Waals surface area contributed by atoms with Gasteiger partial charge in [0, 0.05) is 31.5 Å². The predicted octanol–water partition coefficient (Wildman–Crippen LogP) is 1.16. The fourth-order valence-electron chi connectivity index (χ4n) is 1.77. The first-order valence-corrected chi connectivity index (χ1v) is 9.09. The van der Waals surface area contributed by atoms with E-state index in [2.05, 4.69) is 10.0 Å². The van der Waals surface area contributed by atoms with Crippen LogP contribution in [0.15, 0.2) is 17.2 Å². The molecule has 1 unspecified atom stereocenters. The van der Waals surface area contributed by atoms with Crippen LogP contribution >= 0.6 is 11.8 Å². The van der Waals surface area contributed by atoms with Gasteiger partial charge in [0.2, 0.25) is 10.0 Å². The van der Waals surface area contributed by atoms with Crippen molar-refractivity contribution in [2.24, 2.45) is 7.05 Å². The summed E-state index contributed by atoms with van der Waals surface area (Å²) in [5, 5.41) is 3.02. The fraction of sp³-hybridized carbons (Fsp3) is 0.667. The van der Waals surface area contributed by atoms with Gasteiger partial charge < -0.3 is 9.88 Å². The van der Waals surface area contributed by atoms with Gasteiger partial charge in [-0.1, -0.05) is 0 Å². The van der Waals surface area contributed by atoms with Crippen molar-refractivity contribution < 1.29 is 8.42 Å². The summed E-state index contributed by atoms with van der Waals surface area (Å²) in [5.41, 5.74) is 0.944. The highest BCUT2D eigenvalue weighted by molar-refractivity contribution is 7.98. The van der Waals surface area contributed by atoms with Crippen molar-refractivity contribution in [2.75, 3.05) is 19.1 Å². The van der Waals surface area contributed by atoms with Crippen LogP contribution in [-0.4, -0.2) is 38.1 Å². The Morgan fingerprint density at radius 3 is 2.74 bits per heavy atom. The maximum Gasteiger partial charge on any atom is 0.242 e. The van der Waals surface area contributed by atoms with Crippen LogP contribution in [0.2, 0.25) is 0 Å². The van der Waals surface area contributed by atoms with E-state index in [1.54, 1.807) is 24.0 Å². The minimum absolute atomic E-state index is 0.0505. The van der Waals surface area contributed by atoms with Gasteiger partial charge in [-0.3, -0.25) is 0 Å². The zero-order chi connectivity index (χ0) is 14.5. The van der Waals surface area contributed by atoms with Gasteiger partial charge in [-0.25, -0.2) is 13.1 Å². The molecule has 0 bridgehead atoms. The number of aromatic nitrogens is 1.